The molecule has 2 saturated heterocycles. The van der Waals surface area contributed by atoms with Crippen molar-refractivity contribution in [2.24, 2.45) is 5.92 Å². The van der Waals surface area contributed by atoms with Gasteiger partial charge in [-0.15, -0.1) is 0 Å². The Labute approximate surface area is 175 Å². The summed E-state index contributed by atoms with van der Waals surface area (Å²) in [6, 6.07) is 19.5. The monoisotopic (exact) mass is 391 g/mol. The number of rotatable bonds is 5. The summed E-state index contributed by atoms with van der Waals surface area (Å²) in [4.78, 5) is 20.0. The minimum atomic E-state index is 0.206. The number of piperazine rings is 1. The van der Waals surface area contributed by atoms with Crippen LogP contribution in [0.5, 0.6) is 0 Å². The standard InChI is InChI=1S/C25H33N3O/c1-2-21-8-10-22(11-9-21)20-26-14-12-23(13-15-26)25(29)28-18-16-27(17-19-28)24-6-4-3-5-7-24/h3-11,23H,2,12-20H2,1H3. The van der Waals surface area contributed by atoms with Crippen LogP contribution in [0.2, 0.25) is 0 Å². The lowest BCUT2D eigenvalue weighted by atomic mass is 9.94. The molecule has 0 radical (unpaired) electrons. The van der Waals surface area contributed by atoms with Crippen LogP contribution in [-0.4, -0.2) is 55.0 Å². The number of hydrogen-bond donors (Lipinski definition) is 0. The molecule has 1 amide bonds. The van der Waals surface area contributed by atoms with Crippen LogP contribution in [0.3, 0.4) is 0 Å². The van der Waals surface area contributed by atoms with E-state index in [1.54, 1.807) is 0 Å². The maximum atomic E-state index is 13.0. The SMILES string of the molecule is CCc1ccc(CN2CCC(C(=O)N3CCN(c4ccccc4)CC3)CC2)cc1. The van der Waals surface area contributed by atoms with Crippen molar-refractivity contribution in [1.29, 1.82) is 0 Å². The van der Waals surface area contributed by atoms with Gasteiger partial charge in [-0.1, -0.05) is 49.4 Å². The van der Waals surface area contributed by atoms with E-state index >= 15 is 0 Å². The van der Waals surface area contributed by atoms with E-state index in [0.29, 0.717) is 5.91 Å². The zero-order valence-electron chi connectivity index (χ0n) is 17.6. The first-order valence-corrected chi connectivity index (χ1v) is 11.1. The van der Waals surface area contributed by atoms with Crippen molar-refractivity contribution in [2.75, 3.05) is 44.2 Å². The Hall–Kier alpha value is -2.33. The third kappa shape index (κ3) is 4.99. The van der Waals surface area contributed by atoms with Gasteiger partial charge in [-0.2, -0.15) is 0 Å². The molecular weight excluding hydrogens is 358 g/mol. The first-order chi connectivity index (χ1) is 14.2. The van der Waals surface area contributed by atoms with E-state index in [-0.39, 0.29) is 5.92 Å². The van der Waals surface area contributed by atoms with Crippen molar-refractivity contribution in [1.82, 2.24) is 9.80 Å². The Morgan fingerprint density at radius 3 is 2.07 bits per heavy atom. The van der Waals surface area contributed by atoms with Gasteiger partial charge in [0.15, 0.2) is 0 Å². The third-order valence-corrected chi connectivity index (χ3v) is 6.49. The van der Waals surface area contributed by atoms with Gasteiger partial charge < -0.3 is 9.80 Å². The summed E-state index contributed by atoms with van der Waals surface area (Å²) in [7, 11) is 0. The number of hydrogen-bond acceptors (Lipinski definition) is 3. The molecule has 4 rings (SSSR count). The maximum absolute atomic E-state index is 13.0. The quantitative estimate of drug-likeness (QED) is 0.775. The summed E-state index contributed by atoms with van der Waals surface area (Å²) in [5, 5.41) is 0. The van der Waals surface area contributed by atoms with E-state index in [2.05, 4.69) is 76.2 Å². The number of anilines is 1. The van der Waals surface area contributed by atoms with Crippen molar-refractivity contribution in [3.8, 4) is 0 Å². The zero-order chi connectivity index (χ0) is 20.1. The second-order valence-corrected chi connectivity index (χ2v) is 8.37. The van der Waals surface area contributed by atoms with Crippen LogP contribution < -0.4 is 4.90 Å². The fourth-order valence-electron chi connectivity index (χ4n) is 4.56. The molecule has 0 spiro atoms. The van der Waals surface area contributed by atoms with Crippen molar-refractivity contribution < 1.29 is 4.79 Å². The van der Waals surface area contributed by atoms with Gasteiger partial charge >= 0.3 is 0 Å². The van der Waals surface area contributed by atoms with Gasteiger partial charge in [0, 0.05) is 44.3 Å². The Balaban J connectivity index is 1.23. The lowest BCUT2D eigenvalue weighted by Gasteiger charge is -2.39. The predicted octanol–water partition coefficient (Wildman–Crippen LogP) is 3.81. The van der Waals surface area contributed by atoms with Gasteiger partial charge in [0.2, 0.25) is 5.91 Å². The molecule has 4 nitrogen and oxygen atoms in total. The molecule has 0 bridgehead atoms. The zero-order valence-corrected chi connectivity index (χ0v) is 17.6. The van der Waals surface area contributed by atoms with Crippen molar-refractivity contribution in [2.45, 2.75) is 32.7 Å². The lowest BCUT2D eigenvalue weighted by molar-refractivity contribution is -0.137. The molecule has 4 heteroatoms. The third-order valence-electron chi connectivity index (χ3n) is 6.49. The van der Waals surface area contributed by atoms with E-state index < -0.39 is 0 Å². The largest absolute Gasteiger partial charge is 0.368 e. The molecule has 0 N–H and O–H groups in total. The first-order valence-electron chi connectivity index (χ1n) is 11.1. The summed E-state index contributed by atoms with van der Waals surface area (Å²) in [5.41, 5.74) is 4.04. The number of aryl methyl sites for hydroxylation is 1. The van der Waals surface area contributed by atoms with Crippen LogP contribution in [0.15, 0.2) is 54.6 Å². The molecule has 0 saturated carbocycles. The molecule has 0 atom stereocenters. The number of carbonyl (C=O) groups excluding carboxylic acids is 1. The Bertz CT molecular complexity index is 773. The highest BCUT2D eigenvalue weighted by molar-refractivity contribution is 5.79. The number of carbonyl (C=O) groups is 1. The second-order valence-electron chi connectivity index (χ2n) is 8.37. The molecular formula is C25H33N3O. The molecule has 154 valence electrons. The molecule has 2 aromatic rings. The summed E-state index contributed by atoms with van der Waals surface area (Å²) >= 11 is 0. The van der Waals surface area contributed by atoms with Gasteiger partial charge in [0.05, 0.1) is 0 Å². The number of benzene rings is 2. The average molecular weight is 392 g/mol. The van der Waals surface area contributed by atoms with Gasteiger partial charge in [-0.3, -0.25) is 9.69 Å². The van der Waals surface area contributed by atoms with Gasteiger partial charge in [-0.25, -0.2) is 0 Å². The smallest absolute Gasteiger partial charge is 0.225 e. The van der Waals surface area contributed by atoms with Crippen molar-refractivity contribution in [3.05, 3.63) is 65.7 Å². The van der Waals surface area contributed by atoms with Crippen LogP contribution in [-0.2, 0) is 17.8 Å². The number of para-hydroxylation sites is 1. The van der Waals surface area contributed by atoms with Crippen LogP contribution in [0.25, 0.3) is 0 Å². The first kappa shape index (κ1) is 20.0. The van der Waals surface area contributed by atoms with Crippen LogP contribution >= 0.6 is 0 Å². The van der Waals surface area contributed by atoms with Gasteiger partial charge in [0.1, 0.15) is 0 Å². The minimum absolute atomic E-state index is 0.206. The van der Waals surface area contributed by atoms with Crippen LogP contribution in [0, 0.1) is 5.92 Å². The van der Waals surface area contributed by atoms with Crippen LogP contribution in [0.1, 0.15) is 30.9 Å². The summed E-state index contributed by atoms with van der Waals surface area (Å²) < 4.78 is 0. The molecule has 0 aliphatic carbocycles. The molecule has 0 unspecified atom stereocenters. The van der Waals surface area contributed by atoms with Crippen molar-refractivity contribution in [3.63, 3.8) is 0 Å². The van der Waals surface area contributed by atoms with Gasteiger partial charge in [0.25, 0.3) is 0 Å². The Morgan fingerprint density at radius 1 is 0.828 bits per heavy atom. The fourth-order valence-corrected chi connectivity index (χ4v) is 4.56. The van der Waals surface area contributed by atoms with Crippen LogP contribution in [0.4, 0.5) is 5.69 Å². The fraction of sp³-hybridized carbons (Fsp3) is 0.480. The summed E-state index contributed by atoms with van der Waals surface area (Å²) in [5.74, 6) is 0.585. The lowest BCUT2D eigenvalue weighted by Crippen LogP contribution is -2.51. The van der Waals surface area contributed by atoms with Crippen molar-refractivity contribution >= 4 is 11.6 Å². The minimum Gasteiger partial charge on any atom is -0.368 e. The Morgan fingerprint density at radius 2 is 1.45 bits per heavy atom. The van der Waals surface area contributed by atoms with E-state index in [1.807, 2.05) is 0 Å². The second kappa shape index (κ2) is 9.45. The number of piperidine rings is 1. The highest BCUT2D eigenvalue weighted by Crippen LogP contribution is 2.23. The summed E-state index contributed by atoms with van der Waals surface area (Å²) in [6.45, 7) is 8.80. The number of likely N-dealkylation sites (tertiary alicyclic amines) is 1. The highest BCUT2D eigenvalue weighted by Gasteiger charge is 2.30. The van der Waals surface area contributed by atoms with Gasteiger partial charge in [-0.05, 0) is 55.6 Å². The predicted molar refractivity (Wildman–Crippen MR) is 119 cm³/mol. The van der Waals surface area contributed by atoms with E-state index in [4.69, 9.17) is 0 Å². The highest BCUT2D eigenvalue weighted by atomic mass is 16.2. The molecule has 0 aromatic heterocycles. The number of nitrogens with zero attached hydrogens (tertiary/aromatic N) is 3. The Kier molecular flexibility index (Phi) is 6.50. The maximum Gasteiger partial charge on any atom is 0.225 e. The number of amides is 1. The molecule has 2 aliphatic rings. The molecule has 2 fully saturated rings. The van der Waals surface area contributed by atoms with E-state index in [1.165, 1.54) is 16.8 Å². The normalized spacial score (nSPS) is 18.8. The average Bonchev–Trinajstić information content (AvgIpc) is 2.80. The molecule has 2 aliphatic heterocycles. The van der Waals surface area contributed by atoms with E-state index in [0.717, 1.165) is 65.1 Å². The topological polar surface area (TPSA) is 26.8 Å². The molecule has 2 aromatic carbocycles. The molecule has 2 heterocycles. The summed E-state index contributed by atoms with van der Waals surface area (Å²) in [6.07, 6.45) is 3.07. The van der Waals surface area contributed by atoms with E-state index in [9.17, 15) is 4.79 Å². The molecule has 29 heavy (non-hydrogen) atoms.